The number of nitrogens with zero attached hydrogens (tertiary/aromatic N) is 3. The summed E-state index contributed by atoms with van der Waals surface area (Å²) < 4.78 is 17.7. The lowest BCUT2D eigenvalue weighted by Crippen LogP contribution is -2.14. The third-order valence-electron chi connectivity index (χ3n) is 4.61. The number of furan rings is 1. The van der Waals surface area contributed by atoms with Crippen LogP contribution in [0.5, 0.6) is 0 Å². The molecule has 4 aromatic rings. The number of benzene rings is 1. The molecule has 0 spiro atoms. The van der Waals surface area contributed by atoms with Crippen molar-refractivity contribution in [3.63, 3.8) is 0 Å². The van der Waals surface area contributed by atoms with E-state index in [-0.39, 0.29) is 19.3 Å². The van der Waals surface area contributed by atoms with Crippen molar-refractivity contribution in [3.8, 4) is 11.5 Å². The van der Waals surface area contributed by atoms with Gasteiger partial charge in [-0.3, -0.25) is 0 Å². The summed E-state index contributed by atoms with van der Waals surface area (Å²) in [5.74, 6) is -0.496. The van der Waals surface area contributed by atoms with Gasteiger partial charge in [0.05, 0.1) is 29.0 Å². The Morgan fingerprint density at radius 2 is 1.77 bits per heavy atom. The summed E-state index contributed by atoms with van der Waals surface area (Å²) in [5.41, 5.74) is 1.82. The van der Waals surface area contributed by atoms with Crippen LogP contribution < -0.4 is 0 Å². The lowest BCUT2D eigenvalue weighted by molar-refractivity contribution is 0.0267. The summed E-state index contributed by atoms with van der Waals surface area (Å²) in [5, 5.41) is 4.94. The van der Waals surface area contributed by atoms with E-state index in [0.29, 0.717) is 33.6 Å². The molecule has 0 unspecified atom stereocenters. The first kappa shape index (κ1) is 20.3. The second-order valence-electron chi connectivity index (χ2n) is 7.09. The highest BCUT2D eigenvalue weighted by atomic mass is 16.6. The maximum absolute atomic E-state index is 12.8. The van der Waals surface area contributed by atoms with Crippen molar-refractivity contribution >= 4 is 23.0 Å². The highest BCUT2D eigenvalue weighted by molar-refractivity contribution is 6.03. The number of fused-ring (bicyclic) bond motifs is 1. The van der Waals surface area contributed by atoms with Crippen molar-refractivity contribution in [1.82, 2.24) is 14.8 Å². The van der Waals surface area contributed by atoms with Crippen molar-refractivity contribution in [2.24, 2.45) is 0 Å². The monoisotopic (exact) mass is 419 g/mol. The Labute approximate surface area is 178 Å². The maximum Gasteiger partial charge on any atom is 0.339 e. The van der Waals surface area contributed by atoms with Crippen LogP contribution in [0, 0.1) is 0 Å². The van der Waals surface area contributed by atoms with E-state index < -0.39 is 11.9 Å². The predicted octanol–water partition coefficient (Wildman–Crippen LogP) is 4.29. The Morgan fingerprint density at radius 1 is 1.03 bits per heavy atom. The number of ether oxygens (including phenoxy) is 2. The van der Waals surface area contributed by atoms with Gasteiger partial charge in [-0.15, -0.1) is 0 Å². The molecular formula is C23H21N3O5. The SMILES string of the molecule is CC(C)n1ncc2c(C(=O)OCCOC(=O)c3ccccc3)cc(-c3ccco3)nc21. The van der Waals surface area contributed by atoms with Crippen molar-refractivity contribution < 1.29 is 23.5 Å². The summed E-state index contributed by atoms with van der Waals surface area (Å²) in [6, 6.07) is 13.8. The van der Waals surface area contributed by atoms with E-state index in [1.54, 1.807) is 59.6 Å². The van der Waals surface area contributed by atoms with E-state index in [0.717, 1.165) is 0 Å². The average molecular weight is 419 g/mol. The van der Waals surface area contributed by atoms with Crippen molar-refractivity contribution in [2.45, 2.75) is 19.9 Å². The molecule has 3 heterocycles. The number of aromatic nitrogens is 3. The summed E-state index contributed by atoms with van der Waals surface area (Å²) >= 11 is 0. The molecule has 0 aliphatic heterocycles. The van der Waals surface area contributed by atoms with Gasteiger partial charge in [-0.1, -0.05) is 18.2 Å². The normalized spacial score (nSPS) is 11.1. The van der Waals surface area contributed by atoms with Crippen LogP contribution in [0.15, 0.2) is 65.4 Å². The molecule has 0 saturated heterocycles. The number of hydrogen-bond donors (Lipinski definition) is 0. The standard InChI is InChI=1S/C23H21N3O5/c1-15(2)26-21-18(14-24-26)17(13-19(25-21)20-9-6-10-29-20)23(28)31-12-11-30-22(27)16-7-4-3-5-8-16/h3-10,13-15H,11-12H2,1-2H3. The Kier molecular flexibility index (Phi) is 5.79. The number of carbonyl (C=O) groups is 2. The van der Waals surface area contributed by atoms with Gasteiger partial charge in [0.25, 0.3) is 0 Å². The second kappa shape index (κ2) is 8.83. The topological polar surface area (TPSA) is 96.5 Å². The lowest BCUT2D eigenvalue weighted by atomic mass is 10.1. The summed E-state index contributed by atoms with van der Waals surface area (Å²) in [6.45, 7) is 3.83. The molecule has 0 bridgehead atoms. The molecule has 0 N–H and O–H groups in total. The molecule has 4 rings (SSSR count). The minimum absolute atomic E-state index is 0.0516. The Morgan fingerprint density at radius 3 is 2.45 bits per heavy atom. The van der Waals surface area contributed by atoms with Gasteiger partial charge in [0.2, 0.25) is 0 Å². The van der Waals surface area contributed by atoms with Crippen molar-refractivity contribution in [3.05, 3.63) is 72.1 Å². The van der Waals surface area contributed by atoms with Crippen LogP contribution in [0.25, 0.3) is 22.5 Å². The Bertz CT molecular complexity index is 1200. The van der Waals surface area contributed by atoms with Gasteiger partial charge in [0.1, 0.15) is 18.9 Å². The van der Waals surface area contributed by atoms with Crippen LogP contribution in [0.3, 0.4) is 0 Å². The number of esters is 2. The van der Waals surface area contributed by atoms with E-state index in [1.165, 1.54) is 0 Å². The van der Waals surface area contributed by atoms with Gasteiger partial charge in [0.15, 0.2) is 11.4 Å². The van der Waals surface area contributed by atoms with Gasteiger partial charge >= 0.3 is 11.9 Å². The molecule has 158 valence electrons. The molecule has 0 aliphatic rings. The molecule has 0 aliphatic carbocycles. The van der Waals surface area contributed by atoms with Gasteiger partial charge < -0.3 is 13.9 Å². The van der Waals surface area contributed by atoms with E-state index in [9.17, 15) is 9.59 Å². The van der Waals surface area contributed by atoms with Gasteiger partial charge in [-0.05, 0) is 44.2 Å². The Hall–Kier alpha value is -3.94. The highest BCUT2D eigenvalue weighted by Crippen LogP contribution is 2.27. The fraction of sp³-hybridized carbons (Fsp3) is 0.217. The first-order valence-corrected chi connectivity index (χ1v) is 9.86. The van der Waals surface area contributed by atoms with Crippen LogP contribution >= 0.6 is 0 Å². The van der Waals surface area contributed by atoms with Crippen LogP contribution in [0.1, 0.15) is 40.6 Å². The molecule has 3 aromatic heterocycles. The number of hydrogen-bond acceptors (Lipinski definition) is 7. The molecule has 1 aromatic carbocycles. The molecule has 0 fully saturated rings. The minimum atomic E-state index is -0.556. The van der Waals surface area contributed by atoms with E-state index in [2.05, 4.69) is 10.1 Å². The van der Waals surface area contributed by atoms with Gasteiger partial charge in [-0.25, -0.2) is 19.3 Å². The van der Waals surface area contributed by atoms with Crippen LogP contribution in [0.4, 0.5) is 0 Å². The lowest BCUT2D eigenvalue weighted by Gasteiger charge is -2.10. The molecule has 31 heavy (non-hydrogen) atoms. The third-order valence-corrected chi connectivity index (χ3v) is 4.61. The van der Waals surface area contributed by atoms with E-state index >= 15 is 0 Å². The minimum Gasteiger partial charge on any atom is -0.463 e. The molecular weight excluding hydrogens is 398 g/mol. The summed E-state index contributed by atoms with van der Waals surface area (Å²) in [6.07, 6.45) is 3.14. The van der Waals surface area contributed by atoms with Gasteiger partial charge in [0, 0.05) is 6.04 Å². The summed E-state index contributed by atoms with van der Waals surface area (Å²) in [7, 11) is 0. The molecule has 8 nitrogen and oxygen atoms in total. The molecule has 0 amide bonds. The number of pyridine rings is 1. The quantitative estimate of drug-likeness (QED) is 0.326. The largest absolute Gasteiger partial charge is 0.463 e. The zero-order valence-corrected chi connectivity index (χ0v) is 17.1. The van der Waals surface area contributed by atoms with Crippen LogP contribution in [-0.4, -0.2) is 39.9 Å². The third kappa shape index (κ3) is 4.32. The molecule has 0 atom stereocenters. The van der Waals surface area contributed by atoms with Crippen LogP contribution in [-0.2, 0) is 9.47 Å². The fourth-order valence-electron chi connectivity index (χ4n) is 3.12. The maximum atomic E-state index is 12.8. The molecule has 8 heteroatoms. The number of carbonyl (C=O) groups excluding carboxylic acids is 2. The second-order valence-corrected chi connectivity index (χ2v) is 7.09. The zero-order chi connectivity index (χ0) is 21.8. The highest BCUT2D eigenvalue weighted by Gasteiger charge is 2.20. The first-order valence-electron chi connectivity index (χ1n) is 9.86. The average Bonchev–Trinajstić information content (AvgIpc) is 3.46. The predicted molar refractivity (Wildman–Crippen MR) is 113 cm³/mol. The van der Waals surface area contributed by atoms with Gasteiger partial charge in [-0.2, -0.15) is 5.10 Å². The fourth-order valence-corrected chi connectivity index (χ4v) is 3.12. The number of rotatable bonds is 7. The van der Waals surface area contributed by atoms with Crippen molar-refractivity contribution in [2.75, 3.05) is 13.2 Å². The molecule has 0 saturated carbocycles. The van der Waals surface area contributed by atoms with E-state index in [1.807, 2.05) is 19.9 Å². The van der Waals surface area contributed by atoms with Crippen molar-refractivity contribution in [1.29, 1.82) is 0 Å². The van der Waals surface area contributed by atoms with Crippen LogP contribution in [0.2, 0.25) is 0 Å². The smallest absolute Gasteiger partial charge is 0.339 e. The molecule has 0 radical (unpaired) electrons. The summed E-state index contributed by atoms with van der Waals surface area (Å²) in [4.78, 5) is 29.4. The van der Waals surface area contributed by atoms with E-state index in [4.69, 9.17) is 13.9 Å². The Balaban J connectivity index is 1.51. The first-order chi connectivity index (χ1) is 15.0. The zero-order valence-electron chi connectivity index (χ0n) is 17.1.